The number of carbonyl (C=O) groups excluding carboxylic acids is 1. The Bertz CT molecular complexity index is 371. The Kier molecular flexibility index (Phi) is 4.73. The van der Waals surface area contributed by atoms with Crippen LogP contribution in [0.25, 0.3) is 0 Å². The molecule has 1 aliphatic heterocycles. The first-order valence-electron chi connectivity index (χ1n) is 6.34. The zero-order valence-corrected chi connectivity index (χ0v) is 10.7. The molecule has 4 nitrogen and oxygen atoms in total. The van der Waals surface area contributed by atoms with Crippen LogP contribution >= 0.6 is 0 Å². The van der Waals surface area contributed by atoms with Crippen LogP contribution in [0.5, 0.6) is 0 Å². The summed E-state index contributed by atoms with van der Waals surface area (Å²) in [6, 6.07) is 7.99. The highest BCUT2D eigenvalue weighted by Gasteiger charge is 2.13. The number of aldehydes is 1. The van der Waals surface area contributed by atoms with E-state index >= 15 is 0 Å². The summed E-state index contributed by atoms with van der Waals surface area (Å²) in [5, 5.41) is 0. The van der Waals surface area contributed by atoms with Gasteiger partial charge in [0.25, 0.3) is 0 Å². The standard InChI is InChI=1S/C14H19NO3/c1-2-18-14(11-16)12-3-5-13(6-4-12)15-7-9-17-10-8-15/h3-6,11,14H,2,7-10H2,1H3. The van der Waals surface area contributed by atoms with Gasteiger partial charge in [0.15, 0.2) is 6.29 Å². The predicted octanol–water partition coefficient (Wildman–Crippen LogP) is 1.80. The molecule has 0 amide bonds. The predicted molar refractivity (Wildman–Crippen MR) is 69.9 cm³/mol. The van der Waals surface area contributed by atoms with Crippen LogP contribution in [-0.4, -0.2) is 39.2 Å². The second-order valence-corrected chi connectivity index (χ2v) is 4.20. The molecule has 0 bridgehead atoms. The van der Waals surface area contributed by atoms with Gasteiger partial charge < -0.3 is 19.2 Å². The number of anilines is 1. The SMILES string of the molecule is CCOC(C=O)c1ccc(N2CCOCC2)cc1. The van der Waals surface area contributed by atoms with Crippen LogP contribution in [0.15, 0.2) is 24.3 Å². The maximum absolute atomic E-state index is 10.9. The van der Waals surface area contributed by atoms with Crippen molar-refractivity contribution >= 4 is 12.0 Å². The summed E-state index contributed by atoms with van der Waals surface area (Å²) in [6.07, 6.45) is 0.390. The first-order valence-corrected chi connectivity index (χ1v) is 6.34. The zero-order valence-electron chi connectivity index (χ0n) is 10.7. The Balaban J connectivity index is 2.06. The summed E-state index contributed by atoms with van der Waals surface area (Å²) >= 11 is 0. The highest BCUT2D eigenvalue weighted by molar-refractivity contribution is 5.61. The van der Waals surface area contributed by atoms with Gasteiger partial charge in [0.1, 0.15) is 6.10 Å². The fourth-order valence-electron chi connectivity index (χ4n) is 2.09. The van der Waals surface area contributed by atoms with E-state index in [2.05, 4.69) is 4.90 Å². The maximum Gasteiger partial charge on any atom is 0.153 e. The van der Waals surface area contributed by atoms with Crippen molar-refractivity contribution in [2.75, 3.05) is 37.8 Å². The van der Waals surface area contributed by atoms with Crippen LogP contribution in [0, 0.1) is 0 Å². The van der Waals surface area contributed by atoms with Gasteiger partial charge in [0, 0.05) is 25.4 Å². The lowest BCUT2D eigenvalue weighted by molar-refractivity contribution is -0.118. The molecule has 0 N–H and O–H groups in total. The van der Waals surface area contributed by atoms with Crippen molar-refractivity contribution in [3.63, 3.8) is 0 Å². The van der Waals surface area contributed by atoms with Crippen molar-refractivity contribution < 1.29 is 14.3 Å². The summed E-state index contributed by atoms with van der Waals surface area (Å²) in [4.78, 5) is 13.2. The van der Waals surface area contributed by atoms with Gasteiger partial charge in [-0.2, -0.15) is 0 Å². The summed E-state index contributed by atoms with van der Waals surface area (Å²) in [6.45, 7) is 5.81. The quantitative estimate of drug-likeness (QED) is 0.746. The Morgan fingerprint density at radius 1 is 1.33 bits per heavy atom. The van der Waals surface area contributed by atoms with Gasteiger partial charge in [-0.05, 0) is 24.6 Å². The van der Waals surface area contributed by atoms with Crippen LogP contribution in [0.2, 0.25) is 0 Å². The van der Waals surface area contributed by atoms with Crippen LogP contribution in [0.3, 0.4) is 0 Å². The molecule has 1 unspecified atom stereocenters. The molecule has 1 saturated heterocycles. The average Bonchev–Trinajstić information content (AvgIpc) is 2.46. The molecule has 1 heterocycles. The number of rotatable bonds is 5. The van der Waals surface area contributed by atoms with Crippen molar-refractivity contribution in [1.29, 1.82) is 0 Å². The number of hydrogen-bond acceptors (Lipinski definition) is 4. The van der Waals surface area contributed by atoms with E-state index in [0.29, 0.717) is 6.61 Å². The number of hydrogen-bond donors (Lipinski definition) is 0. The fourth-order valence-corrected chi connectivity index (χ4v) is 2.09. The Hall–Kier alpha value is -1.39. The number of benzene rings is 1. The Morgan fingerprint density at radius 2 is 2.00 bits per heavy atom. The highest BCUT2D eigenvalue weighted by atomic mass is 16.5. The molecule has 1 fully saturated rings. The van der Waals surface area contributed by atoms with Crippen molar-refractivity contribution in [2.45, 2.75) is 13.0 Å². The van der Waals surface area contributed by atoms with Gasteiger partial charge in [0.2, 0.25) is 0 Å². The van der Waals surface area contributed by atoms with E-state index in [1.807, 2.05) is 31.2 Å². The minimum atomic E-state index is -0.450. The van der Waals surface area contributed by atoms with Gasteiger partial charge in [-0.15, -0.1) is 0 Å². The molecule has 1 aromatic carbocycles. The van der Waals surface area contributed by atoms with Gasteiger partial charge in [-0.1, -0.05) is 12.1 Å². The summed E-state index contributed by atoms with van der Waals surface area (Å²) in [5.41, 5.74) is 2.08. The molecule has 98 valence electrons. The number of carbonyl (C=O) groups is 1. The van der Waals surface area contributed by atoms with E-state index in [-0.39, 0.29) is 0 Å². The van der Waals surface area contributed by atoms with E-state index in [0.717, 1.165) is 38.2 Å². The molecule has 0 spiro atoms. The number of nitrogens with zero attached hydrogens (tertiary/aromatic N) is 1. The second-order valence-electron chi connectivity index (χ2n) is 4.20. The van der Waals surface area contributed by atoms with Crippen molar-refractivity contribution in [2.24, 2.45) is 0 Å². The topological polar surface area (TPSA) is 38.8 Å². The molecule has 1 atom stereocenters. The molecule has 4 heteroatoms. The van der Waals surface area contributed by atoms with Crippen LogP contribution < -0.4 is 4.90 Å². The zero-order chi connectivity index (χ0) is 12.8. The third-order valence-corrected chi connectivity index (χ3v) is 3.07. The van der Waals surface area contributed by atoms with Gasteiger partial charge in [-0.25, -0.2) is 0 Å². The summed E-state index contributed by atoms with van der Waals surface area (Å²) in [5.74, 6) is 0. The van der Waals surface area contributed by atoms with Gasteiger partial charge in [0.05, 0.1) is 13.2 Å². The molecular weight excluding hydrogens is 230 g/mol. The summed E-state index contributed by atoms with van der Waals surface area (Å²) < 4.78 is 10.7. The third-order valence-electron chi connectivity index (χ3n) is 3.07. The number of morpholine rings is 1. The largest absolute Gasteiger partial charge is 0.378 e. The van der Waals surface area contributed by atoms with E-state index in [1.54, 1.807) is 0 Å². The second kappa shape index (κ2) is 6.52. The Labute approximate surface area is 107 Å². The minimum absolute atomic E-state index is 0.450. The van der Waals surface area contributed by atoms with Crippen LogP contribution in [0.4, 0.5) is 5.69 Å². The van der Waals surface area contributed by atoms with E-state index in [9.17, 15) is 4.79 Å². The Morgan fingerprint density at radius 3 is 2.56 bits per heavy atom. The first kappa shape index (κ1) is 13.1. The molecule has 18 heavy (non-hydrogen) atoms. The lowest BCUT2D eigenvalue weighted by atomic mass is 10.1. The average molecular weight is 249 g/mol. The molecule has 1 aromatic rings. The van der Waals surface area contributed by atoms with Crippen molar-refractivity contribution in [1.82, 2.24) is 0 Å². The van der Waals surface area contributed by atoms with Crippen LogP contribution in [0.1, 0.15) is 18.6 Å². The molecule has 0 aliphatic carbocycles. The van der Waals surface area contributed by atoms with Gasteiger partial charge in [-0.3, -0.25) is 0 Å². The maximum atomic E-state index is 10.9. The molecule has 0 radical (unpaired) electrons. The molecule has 0 saturated carbocycles. The lowest BCUT2D eigenvalue weighted by Crippen LogP contribution is -2.36. The van der Waals surface area contributed by atoms with Crippen molar-refractivity contribution in [3.05, 3.63) is 29.8 Å². The smallest absolute Gasteiger partial charge is 0.153 e. The molecule has 0 aromatic heterocycles. The highest BCUT2D eigenvalue weighted by Crippen LogP contribution is 2.21. The minimum Gasteiger partial charge on any atom is -0.378 e. The van der Waals surface area contributed by atoms with E-state index in [4.69, 9.17) is 9.47 Å². The molecular formula is C14H19NO3. The molecule has 2 rings (SSSR count). The van der Waals surface area contributed by atoms with Crippen LogP contribution in [-0.2, 0) is 14.3 Å². The molecule has 1 aliphatic rings. The van der Waals surface area contributed by atoms with E-state index in [1.165, 1.54) is 5.69 Å². The van der Waals surface area contributed by atoms with Gasteiger partial charge >= 0.3 is 0 Å². The fraction of sp³-hybridized carbons (Fsp3) is 0.500. The lowest BCUT2D eigenvalue weighted by Gasteiger charge is -2.29. The third kappa shape index (κ3) is 3.09. The monoisotopic (exact) mass is 249 g/mol. The first-order chi connectivity index (χ1) is 8.85. The summed E-state index contributed by atoms with van der Waals surface area (Å²) in [7, 11) is 0. The number of ether oxygens (including phenoxy) is 2. The normalized spacial score (nSPS) is 17.5. The van der Waals surface area contributed by atoms with Crippen molar-refractivity contribution in [3.8, 4) is 0 Å². The van der Waals surface area contributed by atoms with E-state index < -0.39 is 6.10 Å².